The summed E-state index contributed by atoms with van der Waals surface area (Å²) in [6.45, 7) is 4.16. The molecule has 0 aliphatic carbocycles. The van der Waals surface area contributed by atoms with Gasteiger partial charge < -0.3 is 14.8 Å². The second-order valence-corrected chi connectivity index (χ2v) is 5.71. The van der Waals surface area contributed by atoms with Crippen LogP contribution in [0.25, 0.3) is 0 Å². The minimum atomic E-state index is -0.0264. The summed E-state index contributed by atoms with van der Waals surface area (Å²) in [6, 6.07) is 5.13. The average Bonchev–Trinajstić information content (AvgIpc) is 2.82. The van der Waals surface area contributed by atoms with Crippen molar-refractivity contribution >= 4 is 22.3 Å². The van der Waals surface area contributed by atoms with E-state index in [0.717, 1.165) is 15.7 Å². The second kappa shape index (κ2) is 6.58. The fourth-order valence-electron chi connectivity index (χ4n) is 1.82. The molecule has 1 aromatic heterocycles. The zero-order chi connectivity index (χ0) is 15.4. The SMILES string of the molecule is COc1ccc(C(=O)CNc2nc(C)c(C)s2)cc1OC. The fourth-order valence-corrected chi connectivity index (χ4v) is 2.63. The van der Waals surface area contributed by atoms with Gasteiger partial charge in [0.1, 0.15) is 0 Å². The van der Waals surface area contributed by atoms with Crippen LogP contribution >= 0.6 is 11.3 Å². The van der Waals surface area contributed by atoms with Gasteiger partial charge in [0.25, 0.3) is 0 Å². The van der Waals surface area contributed by atoms with E-state index in [2.05, 4.69) is 10.3 Å². The largest absolute Gasteiger partial charge is 0.493 e. The molecule has 0 aliphatic heterocycles. The monoisotopic (exact) mass is 306 g/mol. The molecule has 0 fully saturated rings. The number of aryl methyl sites for hydroxylation is 2. The maximum atomic E-state index is 12.2. The normalized spacial score (nSPS) is 10.3. The summed E-state index contributed by atoms with van der Waals surface area (Å²) < 4.78 is 10.4. The van der Waals surface area contributed by atoms with Crippen molar-refractivity contribution in [2.24, 2.45) is 0 Å². The number of anilines is 1. The van der Waals surface area contributed by atoms with Crippen LogP contribution in [0.5, 0.6) is 11.5 Å². The van der Waals surface area contributed by atoms with Crippen LogP contribution < -0.4 is 14.8 Å². The minimum Gasteiger partial charge on any atom is -0.493 e. The lowest BCUT2D eigenvalue weighted by Crippen LogP contribution is -2.14. The number of Topliss-reactive ketones (excluding diaryl/α,β-unsaturated/α-hetero) is 1. The number of carbonyl (C=O) groups is 1. The molecule has 21 heavy (non-hydrogen) atoms. The molecule has 0 saturated heterocycles. The Balaban J connectivity index is 2.06. The molecule has 1 heterocycles. The predicted molar refractivity (Wildman–Crippen MR) is 84.0 cm³/mol. The number of thiazole rings is 1. The van der Waals surface area contributed by atoms with Gasteiger partial charge in [0, 0.05) is 10.4 Å². The zero-order valence-corrected chi connectivity index (χ0v) is 13.3. The number of nitrogens with zero attached hydrogens (tertiary/aromatic N) is 1. The maximum Gasteiger partial charge on any atom is 0.183 e. The molecule has 2 aromatic rings. The first-order valence-electron chi connectivity index (χ1n) is 6.48. The number of ketones is 1. The van der Waals surface area contributed by atoms with Gasteiger partial charge in [-0.05, 0) is 32.0 Å². The van der Waals surface area contributed by atoms with Crippen LogP contribution in [0.4, 0.5) is 5.13 Å². The van der Waals surface area contributed by atoms with E-state index < -0.39 is 0 Å². The molecule has 0 unspecified atom stereocenters. The van der Waals surface area contributed by atoms with Gasteiger partial charge in [-0.25, -0.2) is 4.98 Å². The highest BCUT2D eigenvalue weighted by atomic mass is 32.1. The van der Waals surface area contributed by atoms with Crippen LogP contribution in [0.3, 0.4) is 0 Å². The van der Waals surface area contributed by atoms with Crippen molar-refractivity contribution in [1.82, 2.24) is 4.98 Å². The van der Waals surface area contributed by atoms with Gasteiger partial charge in [-0.15, -0.1) is 11.3 Å². The first kappa shape index (κ1) is 15.3. The van der Waals surface area contributed by atoms with Gasteiger partial charge >= 0.3 is 0 Å². The molecule has 0 bridgehead atoms. The van der Waals surface area contributed by atoms with Gasteiger partial charge in [0.15, 0.2) is 22.4 Å². The number of nitrogens with one attached hydrogen (secondary N) is 1. The number of benzene rings is 1. The van der Waals surface area contributed by atoms with Crippen LogP contribution in [-0.2, 0) is 0 Å². The van der Waals surface area contributed by atoms with E-state index in [-0.39, 0.29) is 12.3 Å². The number of ether oxygens (including phenoxy) is 2. The third kappa shape index (κ3) is 3.52. The topological polar surface area (TPSA) is 60.5 Å². The van der Waals surface area contributed by atoms with E-state index in [1.807, 2.05) is 13.8 Å². The highest BCUT2D eigenvalue weighted by Crippen LogP contribution is 2.28. The van der Waals surface area contributed by atoms with Crippen LogP contribution in [0.15, 0.2) is 18.2 Å². The third-order valence-corrected chi connectivity index (χ3v) is 4.16. The molecule has 2 rings (SSSR count). The molecular formula is C15H18N2O3S. The summed E-state index contributed by atoms with van der Waals surface area (Å²) >= 11 is 1.55. The van der Waals surface area contributed by atoms with E-state index in [9.17, 15) is 4.79 Å². The van der Waals surface area contributed by atoms with Crippen molar-refractivity contribution in [2.45, 2.75) is 13.8 Å². The molecule has 1 aromatic carbocycles. The van der Waals surface area contributed by atoms with E-state index in [1.54, 1.807) is 43.8 Å². The Kier molecular flexibility index (Phi) is 4.80. The molecule has 112 valence electrons. The minimum absolute atomic E-state index is 0.0264. The lowest BCUT2D eigenvalue weighted by Gasteiger charge is -2.09. The fraction of sp³-hybridized carbons (Fsp3) is 0.333. The second-order valence-electron chi connectivity index (χ2n) is 4.51. The summed E-state index contributed by atoms with van der Waals surface area (Å²) in [4.78, 5) is 17.7. The van der Waals surface area contributed by atoms with E-state index >= 15 is 0 Å². The Morgan fingerprint density at radius 3 is 2.52 bits per heavy atom. The first-order valence-corrected chi connectivity index (χ1v) is 7.30. The Morgan fingerprint density at radius 1 is 1.24 bits per heavy atom. The highest BCUT2D eigenvalue weighted by Gasteiger charge is 2.11. The van der Waals surface area contributed by atoms with Crippen LogP contribution in [0.2, 0.25) is 0 Å². The standard InChI is InChI=1S/C15H18N2O3S/c1-9-10(2)21-15(17-9)16-8-12(18)11-5-6-13(19-3)14(7-11)20-4/h5-7H,8H2,1-4H3,(H,16,17). The molecule has 0 radical (unpaired) electrons. The summed E-state index contributed by atoms with van der Waals surface area (Å²) in [5.41, 5.74) is 1.56. The molecule has 0 aliphatic rings. The van der Waals surface area contributed by atoms with E-state index in [1.165, 1.54) is 0 Å². The Hall–Kier alpha value is -2.08. The van der Waals surface area contributed by atoms with Crippen molar-refractivity contribution in [3.8, 4) is 11.5 Å². The Morgan fingerprint density at radius 2 is 1.95 bits per heavy atom. The number of rotatable bonds is 6. The smallest absolute Gasteiger partial charge is 0.183 e. The number of carbonyl (C=O) groups excluding carboxylic acids is 1. The van der Waals surface area contributed by atoms with Crippen molar-refractivity contribution in [3.05, 3.63) is 34.3 Å². The molecule has 0 saturated carbocycles. The molecule has 0 spiro atoms. The Bertz CT molecular complexity index is 633. The molecule has 6 heteroatoms. The van der Waals surface area contributed by atoms with Gasteiger partial charge in [0.2, 0.25) is 0 Å². The Labute approximate surface area is 127 Å². The molecule has 1 N–H and O–H groups in total. The van der Waals surface area contributed by atoms with Crippen molar-refractivity contribution in [3.63, 3.8) is 0 Å². The molecular weight excluding hydrogens is 288 g/mol. The lowest BCUT2D eigenvalue weighted by atomic mass is 10.1. The third-order valence-electron chi connectivity index (χ3n) is 3.13. The van der Waals surface area contributed by atoms with Crippen molar-refractivity contribution in [2.75, 3.05) is 26.1 Å². The zero-order valence-electron chi connectivity index (χ0n) is 12.5. The summed E-state index contributed by atoms with van der Waals surface area (Å²) in [7, 11) is 3.11. The maximum absolute atomic E-state index is 12.2. The van der Waals surface area contributed by atoms with Crippen molar-refractivity contribution in [1.29, 1.82) is 0 Å². The van der Waals surface area contributed by atoms with Gasteiger partial charge in [-0.3, -0.25) is 4.79 Å². The number of aromatic nitrogens is 1. The number of methoxy groups -OCH3 is 2. The van der Waals surface area contributed by atoms with Gasteiger partial charge in [-0.1, -0.05) is 0 Å². The van der Waals surface area contributed by atoms with Gasteiger partial charge in [0.05, 0.1) is 26.5 Å². The van der Waals surface area contributed by atoms with Crippen LogP contribution in [-0.4, -0.2) is 31.5 Å². The van der Waals surface area contributed by atoms with Crippen LogP contribution in [0.1, 0.15) is 20.9 Å². The molecule has 0 atom stereocenters. The number of hydrogen-bond donors (Lipinski definition) is 1. The summed E-state index contributed by atoms with van der Waals surface area (Å²) in [6.07, 6.45) is 0. The number of hydrogen-bond acceptors (Lipinski definition) is 6. The highest BCUT2D eigenvalue weighted by molar-refractivity contribution is 7.15. The van der Waals surface area contributed by atoms with Gasteiger partial charge in [-0.2, -0.15) is 0 Å². The van der Waals surface area contributed by atoms with Crippen molar-refractivity contribution < 1.29 is 14.3 Å². The van der Waals surface area contributed by atoms with E-state index in [0.29, 0.717) is 17.1 Å². The quantitative estimate of drug-likeness (QED) is 0.831. The summed E-state index contributed by atoms with van der Waals surface area (Å²) in [5, 5.41) is 3.82. The van der Waals surface area contributed by atoms with Crippen LogP contribution in [0, 0.1) is 13.8 Å². The summed E-state index contributed by atoms with van der Waals surface area (Å²) in [5.74, 6) is 1.12. The lowest BCUT2D eigenvalue weighted by molar-refractivity contribution is 0.101. The predicted octanol–water partition coefficient (Wildman–Crippen LogP) is 3.07. The molecule has 5 nitrogen and oxygen atoms in total. The average molecular weight is 306 g/mol. The molecule has 0 amide bonds. The van der Waals surface area contributed by atoms with E-state index in [4.69, 9.17) is 9.47 Å². The first-order chi connectivity index (χ1) is 10.0.